The van der Waals surface area contributed by atoms with Crippen LogP contribution in [-0.4, -0.2) is 20.9 Å². The molecule has 20 heavy (non-hydrogen) atoms. The van der Waals surface area contributed by atoms with Crippen LogP contribution < -0.4 is 15.1 Å². The van der Waals surface area contributed by atoms with Crippen molar-refractivity contribution in [2.75, 3.05) is 18.0 Å². The standard InChI is InChI=1S/C16H15BFNO/c17-15-7-6-14(11-16(15)18)20-13-5-3-4-12(10-13)19-8-1-2-9-19/h3-7,10-11H,1-2,8-9H2. The van der Waals surface area contributed by atoms with Crippen molar-refractivity contribution in [3.63, 3.8) is 0 Å². The summed E-state index contributed by atoms with van der Waals surface area (Å²) in [5.41, 5.74) is 1.28. The van der Waals surface area contributed by atoms with Crippen LogP contribution in [0.25, 0.3) is 0 Å². The Hall–Kier alpha value is -1.97. The maximum atomic E-state index is 13.4. The first-order valence-electron chi connectivity index (χ1n) is 6.80. The molecule has 1 heterocycles. The van der Waals surface area contributed by atoms with Gasteiger partial charge in [0.1, 0.15) is 25.2 Å². The molecule has 2 nitrogen and oxygen atoms in total. The predicted octanol–water partition coefficient (Wildman–Crippen LogP) is 3.01. The molecule has 1 fully saturated rings. The number of nitrogens with zero attached hydrogens (tertiary/aromatic N) is 1. The number of anilines is 1. The van der Waals surface area contributed by atoms with Gasteiger partial charge in [0.2, 0.25) is 0 Å². The molecule has 0 unspecified atom stereocenters. The molecule has 2 aromatic rings. The fourth-order valence-electron chi connectivity index (χ4n) is 2.43. The van der Waals surface area contributed by atoms with Crippen LogP contribution in [0.5, 0.6) is 11.5 Å². The van der Waals surface area contributed by atoms with Crippen molar-refractivity contribution in [3.8, 4) is 11.5 Å². The molecule has 0 atom stereocenters. The third kappa shape index (κ3) is 2.79. The fourth-order valence-corrected chi connectivity index (χ4v) is 2.43. The Kier molecular flexibility index (Phi) is 3.63. The topological polar surface area (TPSA) is 12.5 Å². The van der Waals surface area contributed by atoms with Crippen molar-refractivity contribution in [2.45, 2.75) is 12.8 Å². The Bertz CT molecular complexity index is 611. The van der Waals surface area contributed by atoms with Gasteiger partial charge >= 0.3 is 0 Å². The van der Waals surface area contributed by atoms with Crippen molar-refractivity contribution in [1.82, 2.24) is 0 Å². The summed E-state index contributed by atoms with van der Waals surface area (Å²) in [6, 6.07) is 12.4. The summed E-state index contributed by atoms with van der Waals surface area (Å²) in [6.45, 7) is 2.17. The summed E-state index contributed by atoms with van der Waals surface area (Å²) in [4.78, 5) is 2.33. The Labute approximate surface area is 119 Å². The van der Waals surface area contributed by atoms with E-state index in [1.54, 1.807) is 6.07 Å². The molecule has 0 aliphatic carbocycles. The maximum absolute atomic E-state index is 13.4. The van der Waals surface area contributed by atoms with Crippen LogP contribution in [0.2, 0.25) is 0 Å². The molecule has 4 heteroatoms. The second-order valence-corrected chi connectivity index (χ2v) is 4.98. The molecule has 1 aliphatic heterocycles. The minimum atomic E-state index is -0.460. The Morgan fingerprint density at radius 2 is 1.75 bits per heavy atom. The first-order chi connectivity index (χ1) is 9.72. The molecule has 2 radical (unpaired) electrons. The molecule has 1 saturated heterocycles. The van der Waals surface area contributed by atoms with E-state index in [0.717, 1.165) is 18.8 Å². The van der Waals surface area contributed by atoms with Crippen LogP contribution in [-0.2, 0) is 0 Å². The van der Waals surface area contributed by atoms with Crippen LogP contribution in [0, 0.1) is 5.82 Å². The van der Waals surface area contributed by atoms with E-state index in [4.69, 9.17) is 12.6 Å². The number of ether oxygens (including phenoxy) is 1. The Morgan fingerprint density at radius 1 is 1.00 bits per heavy atom. The van der Waals surface area contributed by atoms with Crippen LogP contribution in [0.15, 0.2) is 42.5 Å². The molecule has 0 N–H and O–H groups in total. The number of benzene rings is 2. The SMILES string of the molecule is [B]c1ccc(Oc2cccc(N3CCCC3)c2)cc1F. The summed E-state index contributed by atoms with van der Waals surface area (Å²) in [7, 11) is 5.45. The summed E-state index contributed by atoms with van der Waals surface area (Å²) in [5.74, 6) is 0.701. The van der Waals surface area contributed by atoms with E-state index in [1.807, 2.05) is 18.2 Å². The minimum absolute atomic E-state index is 0.128. The maximum Gasteiger partial charge on any atom is 0.130 e. The number of hydrogen-bond acceptors (Lipinski definition) is 2. The van der Waals surface area contributed by atoms with Gasteiger partial charge in [-0.3, -0.25) is 0 Å². The van der Waals surface area contributed by atoms with Gasteiger partial charge in [-0.15, -0.1) is 0 Å². The summed E-state index contributed by atoms with van der Waals surface area (Å²) < 4.78 is 19.1. The van der Waals surface area contributed by atoms with Crippen molar-refractivity contribution in [2.24, 2.45) is 0 Å². The van der Waals surface area contributed by atoms with Gasteiger partial charge in [0.05, 0.1) is 0 Å². The molecule has 3 rings (SSSR count). The van der Waals surface area contributed by atoms with Crippen molar-refractivity contribution in [1.29, 1.82) is 0 Å². The van der Waals surface area contributed by atoms with Gasteiger partial charge in [-0.1, -0.05) is 17.6 Å². The first kappa shape index (κ1) is 13.0. The molecule has 0 bridgehead atoms. The second-order valence-electron chi connectivity index (χ2n) is 4.98. The normalized spacial score (nSPS) is 14.6. The smallest absolute Gasteiger partial charge is 0.130 e. The lowest BCUT2D eigenvalue weighted by Gasteiger charge is -2.18. The predicted molar refractivity (Wildman–Crippen MR) is 79.8 cm³/mol. The first-order valence-corrected chi connectivity index (χ1v) is 6.80. The highest BCUT2D eigenvalue weighted by molar-refractivity contribution is 6.32. The number of rotatable bonds is 3. The van der Waals surface area contributed by atoms with E-state index >= 15 is 0 Å². The van der Waals surface area contributed by atoms with E-state index in [0.29, 0.717) is 11.5 Å². The molecule has 1 aliphatic rings. The molecule has 0 spiro atoms. The summed E-state index contributed by atoms with van der Waals surface area (Å²) in [5, 5.41) is 0. The molecule has 0 saturated carbocycles. The van der Waals surface area contributed by atoms with Gasteiger partial charge in [0.15, 0.2) is 0 Å². The van der Waals surface area contributed by atoms with Crippen molar-refractivity contribution < 1.29 is 9.13 Å². The van der Waals surface area contributed by atoms with E-state index in [-0.39, 0.29) is 5.46 Å². The highest BCUT2D eigenvalue weighted by Gasteiger charge is 2.12. The van der Waals surface area contributed by atoms with E-state index in [1.165, 1.54) is 25.0 Å². The van der Waals surface area contributed by atoms with Gasteiger partial charge in [0, 0.05) is 30.9 Å². The Morgan fingerprint density at radius 3 is 2.50 bits per heavy atom. The monoisotopic (exact) mass is 267 g/mol. The van der Waals surface area contributed by atoms with Gasteiger partial charge in [-0.25, -0.2) is 4.39 Å². The fraction of sp³-hybridized carbons (Fsp3) is 0.250. The lowest BCUT2D eigenvalue weighted by Crippen LogP contribution is -2.17. The van der Waals surface area contributed by atoms with Crippen molar-refractivity contribution in [3.05, 3.63) is 48.3 Å². The zero-order valence-corrected chi connectivity index (χ0v) is 11.2. The summed E-state index contributed by atoms with van der Waals surface area (Å²) >= 11 is 0. The average molecular weight is 267 g/mol. The lowest BCUT2D eigenvalue weighted by molar-refractivity contribution is 0.477. The minimum Gasteiger partial charge on any atom is -0.457 e. The average Bonchev–Trinajstić information content (AvgIpc) is 2.97. The van der Waals surface area contributed by atoms with Crippen molar-refractivity contribution >= 4 is 19.0 Å². The van der Waals surface area contributed by atoms with Gasteiger partial charge in [0.25, 0.3) is 0 Å². The molecule has 2 aromatic carbocycles. The highest BCUT2D eigenvalue weighted by Crippen LogP contribution is 2.27. The Balaban J connectivity index is 1.79. The lowest BCUT2D eigenvalue weighted by atomic mass is 9.96. The second kappa shape index (κ2) is 5.57. The molecule has 100 valence electrons. The van der Waals surface area contributed by atoms with E-state index in [9.17, 15) is 4.39 Å². The quantitative estimate of drug-likeness (QED) is 0.792. The van der Waals surface area contributed by atoms with Gasteiger partial charge < -0.3 is 9.64 Å². The van der Waals surface area contributed by atoms with Crippen LogP contribution in [0.1, 0.15) is 12.8 Å². The largest absolute Gasteiger partial charge is 0.457 e. The van der Waals surface area contributed by atoms with Crippen LogP contribution >= 0.6 is 0 Å². The zero-order valence-electron chi connectivity index (χ0n) is 11.2. The molecular weight excluding hydrogens is 252 g/mol. The van der Waals surface area contributed by atoms with Gasteiger partial charge in [-0.05, 0) is 31.0 Å². The van der Waals surface area contributed by atoms with Crippen LogP contribution in [0.4, 0.5) is 10.1 Å². The third-order valence-corrected chi connectivity index (χ3v) is 3.50. The third-order valence-electron chi connectivity index (χ3n) is 3.50. The zero-order chi connectivity index (χ0) is 13.9. The molecular formula is C16H15BFNO. The van der Waals surface area contributed by atoms with Gasteiger partial charge in [-0.2, -0.15) is 0 Å². The highest BCUT2D eigenvalue weighted by atomic mass is 19.1. The summed E-state index contributed by atoms with van der Waals surface area (Å²) in [6.07, 6.45) is 2.46. The van der Waals surface area contributed by atoms with E-state index < -0.39 is 5.82 Å². The molecule has 0 aromatic heterocycles. The van der Waals surface area contributed by atoms with E-state index in [2.05, 4.69) is 11.0 Å². The van der Waals surface area contributed by atoms with Crippen LogP contribution in [0.3, 0.4) is 0 Å². The number of halogens is 1. The number of hydrogen-bond donors (Lipinski definition) is 0. The molecule has 0 amide bonds.